The maximum absolute atomic E-state index is 12.5. The zero-order chi connectivity index (χ0) is 20.3. The molecule has 0 aliphatic heterocycles. The monoisotopic (exact) mass is 437 g/mol. The minimum atomic E-state index is -0.514. The van der Waals surface area contributed by atoms with Crippen LogP contribution < -0.4 is 10.6 Å². The fraction of sp³-hybridized carbons (Fsp3) is 0.111. The van der Waals surface area contributed by atoms with E-state index in [-0.39, 0.29) is 18.1 Å². The van der Waals surface area contributed by atoms with Gasteiger partial charge in [-0.2, -0.15) is 0 Å². The lowest BCUT2D eigenvalue weighted by Crippen LogP contribution is -2.21. The number of halogens is 3. The second kappa shape index (κ2) is 8.60. The summed E-state index contributed by atoms with van der Waals surface area (Å²) < 4.78 is 1.32. The Kier molecular flexibility index (Phi) is 6.18. The van der Waals surface area contributed by atoms with E-state index in [1.54, 1.807) is 43.3 Å². The van der Waals surface area contributed by atoms with Crippen molar-refractivity contribution in [3.63, 3.8) is 0 Å². The van der Waals surface area contributed by atoms with E-state index >= 15 is 0 Å². The van der Waals surface area contributed by atoms with Crippen LogP contribution >= 0.6 is 34.8 Å². The highest BCUT2D eigenvalue weighted by Crippen LogP contribution is 2.26. The van der Waals surface area contributed by atoms with Gasteiger partial charge in [0.25, 0.3) is 5.91 Å². The molecule has 0 spiro atoms. The minimum absolute atomic E-state index is 0.0709. The molecule has 0 fully saturated rings. The first kappa shape index (κ1) is 20.1. The number of para-hydroxylation sites is 1. The van der Waals surface area contributed by atoms with E-state index < -0.39 is 5.91 Å². The second-order valence-corrected chi connectivity index (χ2v) is 7.04. The lowest BCUT2D eigenvalue weighted by molar-refractivity contribution is -0.117. The average Bonchev–Trinajstić information content (AvgIpc) is 3.00. The van der Waals surface area contributed by atoms with Crippen molar-refractivity contribution in [1.82, 2.24) is 15.0 Å². The zero-order valence-corrected chi connectivity index (χ0v) is 16.8. The normalized spacial score (nSPS) is 10.6. The second-order valence-electron chi connectivity index (χ2n) is 5.79. The Morgan fingerprint density at radius 1 is 1.00 bits per heavy atom. The number of amides is 2. The summed E-state index contributed by atoms with van der Waals surface area (Å²) in [5, 5.41) is 14.2. The number of rotatable bonds is 5. The van der Waals surface area contributed by atoms with Crippen LogP contribution in [-0.4, -0.2) is 26.8 Å². The van der Waals surface area contributed by atoms with Crippen LogP contribution in [0.4, 0.5) is 11.4 Å². The van der Waals surface area contributed by atoms with E-state index in [2.05, 4.69) is 20.9 Å². The van der Waals surface area contributed by atoms with Gasteiger partial charge in [-0.25, -0.2) is 4.68 Å². The lowest BCUT2D eigenvalue weighted by atomic mass is 10.2. The highest BCUT2D eigenvalue weighted by molar-refractivity contribution is 6.36. The molecule has 1 aromatic heterocycles. The standard InChI is InChI=1S/C18H14Cl3N5O2/c1-10-17(18(28)23-15-8-11(19)6-7-13(15)21)24-25-26(10)9-16(27)22-14-5-3-2-4-12(14)20/h2-8H,9H2,1H3,(H,22,27)(H,23,28). The third kappa shape index (κ3) is 4.62. The first-order valence-corrected chi connectivity index (χ1v) is 9.19. The number of aromatic nitrogens is 3. The Labute approximate surface area is 175 Å². The Morgan fingerprint density at radius 2 is 1.71 bits per heavy atom. The molecule has 2 amide bonds. The third-order valence-electron chi connectivity index (χ3n) is 3.82. The smallest absolute Gasteiger partial charge is 0.278 e. The van der Waals surface area contributed by atoms with E-state index in [0.717, 1.165) is 0 Å². The van der Waals surface area contributed by atoms with Crippen molar-refractivity contribution < 1.29 is 9.59 Å². The lowest BCUT2D eigenvalue weighted by Gasteiger charge is -2.08. The van der Waals surface area contributed by atoms with Crippen molar-refractivity contribution in [1.29, 1.82) is 0 Å². The summed E-state index contributed by atoms with van der Waals surface area (Å²) in [4.78, 5) is 24.7. The van der Waals surface area contributed by atoms with Crippen LogP contribution in [0.3, 0.4) is 0 Å². The Hall–Kier alpha value is -2.61. The summed E-state index contributed by atoms with van der Waals surface area (Å²) in [7, 11) is 0. The van der Waals surface area contributed by atoms with Gasteiger partial charge in [-0.1, -0.05) is 52.1 Å². The summed E-state index contributed by atoms with van der Waals surface area (Å²) in [6.45, 7) is 1.51. The van der Waals surface area contributed by atoms with Crippen LogP contribution in [-0.2, 0) is 11.3 Å². The Balaban J connectivity index is 1.71. The molecule has 3 aromatic rings. The first-order valence-electron chi connectivity index (χ1n) is 8.06. The molecular formula is C18H14Cl3N5O2. The molecule has 0 unspecified atom stereocenters. The predicted octanol–water partition coefficient (Wildman–Crippen LogP) is 4.44. The predicted molar refractivity (Wildman–Crippen MR) is 109 cm³/mol. The van der Waals surface area contributed by atoms with Gasteiger partial charge in [0.1, 0.15) is 6.54 Å². The molecule has 2 aromatic carbocycles. The topological polar surface area (TPSA) is 88.9 Å². The van der Waals surface area contributed by atoms with E-state index in [9.17, 15) is 9.59 Å². The highest BCUT2D eigenvalue weighted by atomic mass is 35.5. The van der Waals surface area contributed by atoms with Gasteiger partial charge < -0.3 is 10.6 Å². The van der Waals surface area contributed by atoms with Crippen molar-refractivity contribution in [2.45, 2.75) is 13.5 Å². The number of nitrogens with zero attached hydrogens (tertiary/aromatic N) is 3. The van der Waals surface area contributed by atoms with Crippen molar-refractivity contribution >= 4 is 58.0 Å². The van der Waals surface area contributed by atoms with E-state index in [4.69, 9.17) is 34.8 Å². The number of benzene rings is 2. The fourth-order valence-electron chi connectivity index (χ4n) is 2.38. The van der Waals surface area contributed by atoms with Crippen LogP contribution in [0.1, 0.15) is 16.2 Å². The number of hydrogen-bond acceptors (Lipinski definition) is 4. The first-order chi connectivity index (χ1) is 13.3. The summed E-state index contributed by atoms with van der Waals surface area (Å²) >= 11 is 18.0. The number of carbonyl (C=O) groups is 2. The molecule has 144 valence electrons. The van der Waals surface area contributed by atoms with E-state index in [1.165, 1.54) is 10.7 Å². The van der Waals surface area contributed by atoms with Crippen molar-refractivity contribution in [3.8, 4) is 0 Å². The van der Waals surface area contributed by atoms with Crippen LogP contribution in [0.25, 0.3) is 0 Å². The maximum Gasteiger partial charge on any atom is 0.278 e. The molecule has 3 rings (SSSR count). The van der Waals surface area contributed by atoms with Crippen molar-refractivity contribution in [2.24, 2.45) is 0 Å². The quantitative estimate of drug-likeness (QED) is 0.616. The van der Waals surface area contributed by atoms with Gasteiger partial charge >= 0.3 is 0 Å². The number of hydrogen-bond donors (Lipinski definition) is 2. The van der Waals surface area contributed by atoms with Gasteiger partial charge in [0.15, 0.2) is 5.69 Å². The Bertz CT molecular complexity index is 1050. The Morgan fingerprint density at radius 3 is 2.46 bits per heavy atom. The summed E-state index contributed by atoms with van der Waals surface area (Å²) in [5.41, 5.74) is 1.33. The molecule has 7 nitrogen and oxygen atoms in total. The van der Waals surface area contributed by atoms with Gasteiger partial charge in [-0.15, -0.1) is 5.10 Å². The van der Waals surface area contributed by atoms with Crippen LogP contribution in [0.2, 0.25) is 15.1 Å². The molecule has 0 radical (unpaired) electrons. The highest BCUT2D eigenvalue weighted by Gasteiger charge is 2.19. The molecule has 2 N–H and O–H groups in total. The zero-order valence-electron chi connectivity index (χ0n) is 14.5. The van der Waals surface area contributed by atoms with E-state index in [1.807, 2.05) is 0 Å². The largest absolute Gasteiger partial charge is 0.323 e. The van der Waals surface area contributed by atoms with Crippen molar-refractivity contribution in [2.75, 3.05) is 10.6 Å². The SMILES string of the molecule is Cc1c(C(=O)Nc2cc(Cl)ccc2Cl)nnn1CC(=O)Nc1ccccc1Cl. The summed E-state index contributed by atoms with van der Waals surface area (Å²) in [6, 6.07) is 11.6. The number of nitrogens with one attached hydrogen (secondary N) is 2. The van der Waals surface area contributed by atoms with Gasteiger partial charge in [0.05, 0.1) is 27.1 Å². The maximum atomic E-state index is 12.5. The van der Waals surface area contributed by atoms with Gasteiger partial charge in [0, 0.05) is 5.02 Å². The molecule has 0 saturated heterocycles. The molecule has 0 atom stereocenters. The van der Waals surface area contributed by atoms with Crippen LogP contribution in [0.5, 0.6) is 0 Å². The molecule has 1 heterocycles. The number of anilines is 2. The molecule has 10 heteroatoms. The van der Waals surface area contributed by atoms with Gasteiger partial charge in [-0.05, 0) is 37.3 Å². The minimum Gasteiger partial charge on any atom is -0.323 e. The number of carbonyl (C=O) groups excluding carboxylic acids is 2. The van der Waals surface area contributed by atoms with Gasteiger partial charge in [0.2, 0.25) is 5.91 Å². The molecule has 0 saturated carbocycles. The summed E-state index contributed by atoms with van der Waals surface area (Å²) in [6.07, 6.45) is 0. The average molecular weight is 439 g/mol. The fourth-order valence-corrected chi connectivity index (χ4v) is 2.90. The summed E-state index contributed by atoms with van der Waals surface area (Å²) in [5.74, 6) is -0.870. The molecule has 0 aliphatic carbocycles. The van der Waals surface area contributed by atoms with Gasteiger partial charge in [-0.3, -0.25) is 9.59 Å². The molecule has 0 bridgehead atoms. The van der Waals surface area contributed by atoms with Crippen LogP contribution in [0.15, 0.2) is 42.5 Å². The molecule has 28 heavy (non-hydrogen) atoms. The molecule has 0 aliphatic rings. The van der Waals surface area contributed by atoms with E-state index in [0.29, 0.717) is 32.1 Å². The van der Waals surface area contributed by atoms with Crippen molar-refractivity contribution in [3.05, 3.63) is 68.9 Å². The third-order valence-corrected chi connectivity index (χ3v) is 4.71. The van der Waals surface area contributed by atoms with Crippen LogP contribution in [0, 0.1) is 6.92 Å². The molecular weight excluding hydrogens is 425 g/mol.